The molecule has 4 nitrogen and oxygen atoms in total. The van der Waals surface area contributed by atoms with Crippen molar-refractivity contribution in [1.82, 2.24) is 4.90 Å². The van der Waals surface area contributed by atoms with Crippen LogP contribution in [-0.2, 0) is 13.1 Å². The number of thiophene rings is 1. The van der Waals surface area contributed by atoms with E-state index >= 15 is 0 Å². The highest BCUT2D eigenvalue weighted by molar-refractivity contribution is 7.12. The van der Waals surface area contributed by atoms with E-state index in [9.17, 15) is 4.79 Å². The first kappa shape index (κ1) is 14.6. The van der Waals surface area contributed by atoms with Gasteiger partial charge in [-0.1, -0.05) is 18.2 Å². The van der Waals surface area contributed by atoms with E-state index < -0.39 is 5.97 Å². The first-order chi connectivity index (χ1) is 9.61. The second-order valence-electron chi connectivity index (χ2n) is 4.56. The molecule has 1 aromatic carbocycles. The molecule has 1 heterocycles. The molecular formula is C15H17NO3S. The minimum atomic E-state index is -0.860. The zero-order chi connectivity index (χ0) is 14.5. The predicted molar refractivity (Wildman–Crippen MR) is 79.4 cm³/mol. The largest absolute Gasteiger partial charge is 0.496 e. The number of aromatic carboxylic acids is 1. The lowest BCUT2D eigenvalue weighted by molar-refractivity contribution is 0.0700. The number of carboxylic acids is 1. The summed E-state index contributed by atoms with van der Waals surface area (Å²) < 4.78 is 5.32. The second-order valence-corrected chi connectivity index (χ2v) is 5.48. The smallest absolute Gasteiger partial charge is 0.346 e. The summed E-state index contributed by atoms with van der Waals surface area (Å²) in [5.74, 6) is -0.0104. The maximum absolute atomic E-state index is 11.1. The standard InChI is InChI=1S/C15H17NO3S/c1-16(9-11-5-3-4-6-13(11)19-2)10-12-7-8-20-14(12)15(17)18/h3-8H,9-10H2,1-2H3,(H,17,18). The van der Waals surface area contributed by atoms with Crippen molar-refractivity contribution in [2.24, 2.45) is 0 Å². The van der Waals surface area contributed by atoms with Crippen LogP contribution in [0.4, 0.5) is 0 Å². The number of hydrogen-bond acceptors (Lipinski definition) is 4. The van der Waals surface area contributed by atoms with Crippen LogP contribution >= 0.6 is 11.3 Å². The predicted octanol–water partition coefficient (Wildman–Crippen LogP) is 3.09. The van der Waals surface area contributed by atoms with E-state index in [1.165, 1.54) is 11.3 Å². The molecule has 0 amide bonds. The minimum absolute atomic E-state index is 0.414. The molecular weight excluding hydrogens is 274 g/mol. The second kappa shape index (κ2) is 6.54. The lowest BCUT2D eigenvalue weighted by Gasteiger charge is -2.18. The summed E-state index contributed by atoms with van der Waals surface area (Å²) >= 11 is 1.26. The molecule has 0 saturated carbocycles. The normalized spacial score (nSPS) is 10.8. The van der Waals surface area contributed by atoms with Gasteiger partial charge in [0.25, 0.3) is 0 Å². The molecule has 0 unspecified atom stereocenters. The van der Waals surface area contributed by atoms with Gasteiger partial charge in [-0.15, -0.1) is 11.3 Å². The maximum Gasteiger partial charge on any atom is 0.346 e. The zero-order valence-corrected chi connectivity index (χ0v) is 12.3. The fraction of sp³-hybridized carbons (Fsp3) is 0.267. The van der Waals surface area contributed by atoms with Gasteiger partial charge in [0, 0.05) is 18.7 Å². The fourth-order valence-corrected chi connectivity index (χ4v) is 2.87. The molecule has 1 N–H and O–H groups in total. The number of ether oxygens (including phenoxy) is 1. The highest BCUT2D eigenvalue weighted by atomic mass is 32.1. The van der Waals surface area contributed by atoms with Crippen molar-refractivity contribution in [3.8, 4) is 5.75 Å². The van der Waals surface area contributed by atoms with Gasteiger partial charge in [-0.3, -0.25) is 4.90 Å². The van der Waals surface area contributed by atoms with Gasteiger partial charge in [0.2, 0.25) is 0 Å². The molecule has 2 aromatic rings. The Labute approximate surface area is 122 Å². The Morgan fingerprint density at radius 3 is 2.65 bits per heavy atom. The van der Waals surface area contributed by atoms with E-state index in [1.54, 1.807) is 7.11 Å². The van der Waals surface area contributed by atoms with E-state index in [0.29, 0.717) is 18.0 Å². The number of carboxylic acid groups (broad SMARTS) is 1. The summed E-state index contributed by atoms with van der Waals surface area (Å²) in [7, 11) is 3.62. The highest BCUT2D eigenvalue weighted by Gasteiger charge is 2.14. The van der Waals surface area contributed by atoms with Gasteiger partial charge in [0.1, 0.15) is 10.6 Å². The maximum atomic E-state index is 11.1. The molecule has 20 heavy (non-hydrogen) atoms. The van der Waals surface area contributed by atoms with Crippen molar-refractivity contribution in [3.63, 3.8) is 0 Å². The van der Waals surface area contributed by atoms with E-state index in [4.69, 9.17) is 9.84 Å². The van der Waals surface area contributed by atoms with Crippen molar-refractivity contribution in [3.05, 3.63) is 51.7 Å². The van der Waals surface area contributed by atoms with Gasteiger partial charge in [-0.05, 0) is 30.1 Å². The van der Waals surface area contributed by atoms with Crippen molar-refractivity contribution in [2.75, 3.05) is 14.2 Å². The number of nitrogens with zero attached hydrogens (tertiary/aromatic N) is 1. The van der Waals surface area contributed by atoms with E-state index in [-0.39, 0.29) is 0 Å². The van der Waals surface area contributed by atoms with Crippen LogP contribution in [0, 0.1) is 0 Å². The molecule has 0 atom stereocenters. The van der Waals surface area contributed by atoms with Gasteiger partial charge in [-0.2, -0.15) is 0 Å². The van der Waals surface area contributed by atoms with Crippen LogP contribution in [0.25, 0.3) is 0 Å². The molecule has 0 spiro atoms. The third-order valence-electron chi connectivity index (χ3n) is 3.01. The molecule has 2 rings (SSSR count). The zero-order valence-electron chi connectivity index (χ0n) is 11.5. The topological polar surface area (TPSA) is 49.8 Å². The quantitative estimate of drug-likeness (QED) is 0.888. The number of benzene rings is 1. The monoisotopic (exact) mass is 291 g/mol. The average molecular weight is 291 g/mol. The van der Waals surface area contributed by atoms with Crippen molar-refractivity contribution < 1.29 is 14.6 Å². The fourth-order valence-electron chi connectivity index (χ4n) is 2.12. The van der Waals surface area contributed by atoms with Crippen LogP contribution in [0.15, 0.2) is 35.7 Å². The number of methoxy groups -OCH3 is 1. The molecule has 0 aliphatic carbocycles. The molecule has 0 aliphatic rings. The highest BCUT2D eigenvalue weighted by Crippen LogP contribution is 2.22. The Hall–Kier alpha value is -1.85. The van der Waals surface area contributed by atoms with Crippen LogP contribution < -0.4 is 4.74 Å². The summed E-state index contributed by atoms with van der Waals surface area (Å²) in [5, 5.41) is 10.9. The number of hydrogen-bond donors (Lipinski definition) is 1. The van der Waals surface area contributed by atoms with Crippen molar-refractivity contribution in [2.45, 2.75) is 13.1 Å². The van der Waals surface area contributed by atoms with E-state index in [2.05, 4.69) is 4.90 Å². The minimum Gasteiger partial charge on any atom is -0.496 e. The van der Waals surface area contributed by atoms with Gasteiger partial charge in [0.15, 0.2) is 0 Å². The average Bonchev–Trinajstić information content (AvgIpc) is 2.87. The molecule has 0 saturated heterocycles. The van der Waals surface area contributed by atoms with Gasteiger partial charge in [0.05, 0.1) is 7.11 Å². The molecule has 0 aliphatic heterocycles. The molecule has 106 valence electrons. The SMILES string of the molecule is COc1ccccc1CN(C)Cc1ccsc1C(=O)O. The molecule has 0 bridgehead atoms. The number of para-hydroxylation sites is 1. The first-order valence-corrected chi connectivity index (χ1v) is 7.10. The molecule has 1 aromatic heterocycles. The molecule has 0 fully saturated rings. The number of carbonyl (C=O) groups is 1. The Morgan fingerprint density at radius 2 is 1.95 bits per heavy atom. The van der Waals surface area contributed by atoms with Crippen molar-refractivity contribution >= 4 is 17.3 Å². The Kier molecular flexibility index (Phi) is 4.76. The Balaban J connectivity index is 2.07. The Bertz CT molecular complexity index is 594. The third-order valence-corrected chi connectivity index (χ3v) is 3.96. The summed E-state index contributed by atoms with van der Waals surface area (Å²) in [6, 6.07) is 9.72. The van der Waals surface area contributed by atoms with Crippen LogP contribution in [0.1, 0.15) is 20.8 Å². The lowest BCUT2D eigenvalue weighted by atomic mass is 10.1. The lowest BCUT2D eigenvalue weighted by Crippen LogP contribution is -2.18. The summed E-state index contributed by atoms with van der Waals surface area (Å²) in [6.07, 6.45) is 0. The van der Waals surface area contributed by atoms with Crippen LogP contribution in [0.5, 0.6) is 5.75 Å². The third kappa shape index (κ3) is 3.37. The van der Waals surface area contributed by atoms with E-state index in [0.717, 1.165) is 16.9 Å². The number of rotatable bonds is 6. The molecule has 5 heteroatoms. The van der Waals surface area contributed by atoms with Crippen LogP contribution in [0.3, 0.4) is 0 Å². The van der Waals surface area contributed by atoms with Gasteiger partial charge in [-0.25, -0.2) is 4.79 Å². The molecule has 0 radical (unpaired) electrons. The summed E-state index contributed by atoms with van der Waals surface area (Å²) in [4.78, 5) is 13.6. The first-order valence-electron chi connectivity index (χ1n) is 6.22. The summed E-state index contributed by atoms with van der Waals surface area (Å²) in [6.45, 7) is 1.31. The van der Waals surface area contributed by atoms with Gasteiger partial charge >= 0.3 is 5.97 Å². The Morgan fingerprint density at radius 1 is 1.25 bits per heavy atom. The van der Waals surface area contributed by atoms with Gasteiger partial charge < -0.3 is 9.84 Å². The van der Waals surface area contributed by atoms with E-state index in [1.807, 2.05) is 42.8 Å². The van der Waals surface area contributed by atoms with Crippen LogP contribution in [-0.4, -0.2) is 30.1 Å². The van der Waals surface area contributed by atoms with Crippen LogP contribution in [0.2, 0.25) is 0 Å². The van der Waals surface area contributed by atoms with Crippen molar-refractivity contribution in [1.29, 1.82) is 0 Å². The summed E-state index contributed by atoms with van der Waals surface area (Å²) in [5.41, 5.74) is 1.93.